The summed E-state index contributed by atoms with van der Waals surface area (Å²) in [6, 6.07) is 3.67. The lowest BCUT2D eigenvalue weighted by molar-refractivity contribution is -0.123. The molecule has 2 aromatic heterocycles. The Labute approximate surface area is 140 Å². The van der Waals surface area contributed by atoms with E-state index in [1.54, 1.807) is 23.1 Å². The molecule has 0 spiro atoms. The monoisotopic (exact) mass is 330 g/mol. The molecule has 1 amide bonds. The predicted molar refractivity (Wildman–Crippen MR) is 88.4 cm³/mol. The van der Waals surface area contributed by atoms with Gasteiger partial charge < -0.3 is 15.3 Å². The van der Waals surface area contributed by atoms with Crippen molar-refractivity contribution in [2.24, 2.45) is 0 Å². The molecule has 1 aliphatic rings. The minimum Gasteiger partial charge on any atom is -0.386 e. The van der Waals surface area contributed by atoms with Gasteiger partial charge in [-0.2, -0.15) is 5.10 Å². The van der Waals surface area contributed by atoms with Crippen LogP contribution in [0.25, 0.3) is 0 Å². The maximum absolute atomic E-state index is 12.0. The van der Waals surface area contributed by atoms with Crippen molar-refractivity contribution < 1.29 is 9.90 Å². The molecule has 1 saturated heterocycles. The average molecular weight is 330 g/mol. The number of anilines is 1. The number of hydrogen-bond donors (Lipinski definition) is 2. The van der Waals surface area contributed by atoms with Crippen LogP contribution in [-0.4, -0.2) is 56.0 Å². The number of piperidine rings is 1. The van der Waals surface area contributed by atoms with E-state index in [4.69, 9.17) is 0 Å². The van der Waals surface area contributed by atoms with E-state index in [1.807, 2.05) is 17.9 Å². The van der Waals surface area contributed by atoms with Crippen LogP contribution in [0.1, 0.15) is 18.5 Å². The SMILES string of the molecule is Cc1cc(N2CCCC(O)(CNC(=O)Cn3cccn3)C2)ncn1. The Morgan fingerprint density at radius 2 is 2.33 bits per heavy atom. The maximum atomic E-state index is 12.0. The normalized spacial score (nSPS) is 20.8. The van der Waals surface area contributed by atoms with E-state index in [0.717, 1.165) is 24.5 Å². The minimum atomic E-state index is -0.961. The molecule has 128 valence electrons. The van der Waals surface area contributed by atoms with Gasteiger partial charge in [0, 0.05) is 43.8 Å². The average Bonchev–Trinajstić information content (AvgIpc) is 3.06. The van der Waals surface area contributed by atoms with Gasteiger partial charge in [-0.1, -0.05) is 0 Å². The molecule has 3 heterocycles. The number of carbonyl (C=O) groups is 1. The van der Waals surface area contributed by atoms with E-state index < -0.39 is 5.60 Å². The Hall–Kier alpha value is -2.48. The molecule has 0 aromatic carbocycles. The van der Waals surface area contributed by atoms with E-state index in [0.29, 0.717) is 13.0 Å². The summed E-state index contributed by atoms with van der Waals surface area (Å²) < 4.78 is 1.55. The Morgan fingerprint density at radius 3 is 3.08 bits per heavy atom. The summed E-state index contributed by atoms with van der Waals surface area (Å²) >= 11 is 0. The number of β-amino-alcohol motifs (C(OH)–C–C–N with tert-alkyl or cyclic N) is 1. The third-order valence-corrected chi connectivity index (χ3v) is 4.15. The summed E-state index contributed by atoms with van der Waals surface area (Å²) in [4.78, 5) is 22.4. The predicted octanol–water partition coefficient (Wildman–Crippen LogP) is 0.129. The van der Waals surface area contributed by atoms with Gasteiger partial charge in [0.15, 0.2) is 0 Å². The summed E-state index contributed by atoms with van der Waals surface area (Å²) in [6.45, 7) is 3.55. The molecular formula is C16H22N6O2. The Bertz CT molecular complexity index is 690. The number of nitrogens with zero attached hydrogens (tertiary/aromatic N) is 5. The van der Waals surface area contributed by atoms with Gasteiger partial charge in [0.2, 0.25) is 5.91 Å². The molecule has 0 aliphatic carbocycles. The Kier molecular flexibility index (Phi) is 4.75. The second-order valence-corrected chi connectivity index (χ2v) is 6.25. The molecule has 24 heavy (non-hydrogen) atoms. The number of aromatic nitrogens is 4. The zero-order valence-electron chi connectivity index (χ0n) is 13.7. The summed E-state index contributed by atoms with van der Waals surface area (Å²) in [5, 5.41) is 17.6. The van der Waals surface area contributed by atoms with Crippen LogP contribution in [0.3, 0.4) is 0 Å². The largest absolute Gasteiger partial charge is 0.386 e. The zero-order valence-corrected chi connectivity index (χ0v) is 13.7. The van der Waals surface area contributed by atoms with E-state index in [9.17, 15) is 9.90 Å². The van der Waals surface area contributed by atoms with Crippen molar-refractivity contribution in [1.29, 1.82) is 0 Å². The number of amides is 1. The van der Waals surface area contributed by atoms with Crippen LogP contribution in [0.15, 0.2) is 30.9 Å². The lowest BCUT2D eigenvalue weighted by Crippen LogP contribution is -2.54. The molecule has 0 radical (unpaired) electrons. The lowest BCUT2D eigenvalue weighted by atomic mass is 9.92. The number of hydrogen-bond acceptors (Lipinski definition) is 6. The lowest BCUT2D eigenvalue weighted by Gasteiger charge is -2.39. The first kappa shape index (κ1) is 16.4. The van der Waals surface area contributed by atoms with Crippen LogP contribution in [0.2, 0.25) is 0 Å². The van der Waals surface area contributed by atoms with Gasteiger partial charge in [0.1, 0.15) is 18.7 Å². The summed E-state index contributed by atoms with van der Waals surface area (Å²) in [6.07, 6.45) is 6.38. The highest BCUT2D eigenvalue weighted by atomic mass is 16.3. The second-order valence-electron chi connectivity index (χ2n) is 6.25. The molecule has 2 aromatic rings. The van der Waals surface area contributed by atoms with Crippen LogP contribution in [0, 0.1) is 6.92 Å². The second kappa shape index (κ2) is 6.96. The zero-order chi connectivity index (χ0) is 17.0. The molecule has 0 bridgehead atoms. The molecule has 0 saturated carbocycles. The van der Waals surface area contributed by atoms with Crippen molar-refractivity contribution in [3.8, 4) is 0 Å². The number of rotatable bonds is 5. The van der Waals surface area contributed by atoms with Gasteiger partial charge in [-0.3, -0.25) is 9.48 Å². The highest BCUT2D eigenvalue weighted by Crippen LogP contribution is 2.24. The highest BCUT2D eigenvalue weighted by molar-refractivity contribution is 5.75. The Morgan fingerprint density at radius 1 is 1.46 bits per heavy atom. The molecule has 1 fully saturated rings. The van der Waals surface area contributed by atoms with Crippen LogP contribution in [0.5, 0.6) is 0 Å². The molecule has 8 nitrogen and oxygen atoms in total. The topological polar surface area (TPSA) is 96.2 Å². The quantitative estimate of drug-likeness (QED) is 0.809. The van der Waals surface area contributed by atoms with E-state index in [1.165, 1.54) is 6.33 Å². The van der Waals surface area contributed by atoms with Crippen molar-refractivity contribution in [3.05, 3.63) is 36.5 Å². The van der Waals surface area contributed by atoms with Crippen LogP contribution >= 0.6 is 0 Å². The molecule has 3 rings (SSSR count). The fourth-order valence-corrected chi connectivity index (χ4v) is 2.93. The summed E-state index contributed by atoms with van der Waals surface area (Å²) in [5.74, 6) is 0.644. The van der Waals surface area contributed by atoms with E-state index in [2.05, 4.69) is 20.4 Å². The maximum Gasteiger partial charge on any atom is 0.241 e. The van der Waals surface area contributed by atoms with Crippen molar-refractivity contribution in [3.63, 3.8) is 0 Å². The van der Waals surface area contributed by atoms with Gasteiger partial charge in [-0.25, -0.2) is 9.97 Å². The van der Waals surface area contributed by atoms with Gasteiger partial charge in [0.05, 0.1) is 5.60 Å². The Balaban J connectivity index is 1.57. The van der Waals surface area contributed by atoms with E-state index in [-0.39, 0.29) is 19.0 Å². The van der Waals surface area contributed by atoms with Gasteiger partial charge in [-0.05, 0) is 25.8 Å². The molecule has 1 atom stereocenters. The summed E-state index contributed by atoms with van der Waals surface area (Å²) in [7, 11) is 0. The smallest absolute Gasteiger partial charge is 0.241 e. The minimum absolute atomic E-state index is 0.151. The molecule has 2 N–H and O–H groups in total. The van der Waals surface area contributed by atoms with Crippen molar-refractivity contribution in [1.82, 2.24) is 25.1 Å². The fraction of sp³-hybridized carbons (Fsp3) is 0.500. The van der Waals surface area contributed by atoms with Crippen LogP contribution < -0.4 is 10.2 Å². The van der Waals surface area contributed by atoms with Crippen LogP contribution in [0.4, 0.5) is 5.82 Å². The standard InChI is InChI=1S/C16H22N6O2/c1-13-8-14(19-12-18-13)21-6-2-4-16(24,11-21)10-17-15(23)9-22-7-3-5-20-22/h3,5,7-8,12,24H,2,4,6,9-11H2,1H3,(H,17,23). The molecular weight excluding hydrogens is 308 g/mol. The molecule has 8 heteroatoms. The fourth-order valence-electron chi connectivity index (χ4n) is 2.93. The van der Waals surface area contributed by atoms with Crippen molar-refractivity contribution in [2.45, 2.75) is 31.9 Å². The number of nitrogens with one attached hydrogen (secondary N) is 1. The third-order valence-electron chi connectivity index (χ3n) is 4.15. The molecule has 1 aliphatic heterocycles. The number of carbonyl (C=O) groups excluding carboxylic acids is 1. The van der Waals surface area contributed by atoms with Crippen molar-refractivity contribution >= 4 is 11.7 Å². The first-order chi connectivity index (χ1) is 11.5. The number of aryl methyl sites for hydroxylation is 1. The third kappa shape index (κ3) is 4.08. The number of aliphatic hydroxyl groups is 1. The first-order valence-electron chi connectivity index (χ1n) is 8.04. The van der Waals surface area contributed by atoms with E-state index >= 15 is 0 Å². The van der Waals surface area contributed by atoms with Crippen molar-refractivity contribution in [2.75, 3.05) is 24.5 Å². The highest BCUT2D eigenvalue weighted by Gasteiger charge is 2.34. The van der Waals surface area contributed by atoms with Gasteiger partial charge in [-0.15, -0.1) is 0 Å². The van der Waals surface area contributed by atoms with Gasteiger partial charge in [0.25, 0.3) is 0 Å². The van der Waals surface area contributed by atoms with Gasteiger partial charge >= 0.3 is 0 Å². The van der Waals surface area contributed by atoms with Crippen LogP contribution in [-0.2, 0) is 11.3 Å². The first-order valence-corrected chi connectivity index (χ1v) is 8.04. The summed E-state index contributed by atoms with van der Waals surface area (Å²) in [5.41, 5.74) is -0.0710. The molecule has 1 unspecified atom stereocenters.